The molecule has 1 aliphatic carbocycles. The maximum atomic E-state index is 12.1. The number of hydrogen-bond acceptors (Lipinski definition) is 4. The van der Waals surface area contributed by atoms with Gasteiger partial charge in [0.15, 0.2) is 17.3 Å². The second kappa shape index (κ2) is 5.20. The molecule has 1 saturated carbocycles. The first kappa shape index (κ1) is 13.6. The Bertz CT molecular complexity index is 653. The van der Waals surface area contributed by atoms with Crippen LogP contribution in [0.2, 0.25) is 0 Å². The molecule has 1 aliphatic heterocycles. The van der Waals surface area contributed by atoms with Gasteiger partial charge < -0.3 is 4.84 Å². The summed E-state index contributed by atoms with van der Waals surface area (Å²) >= 11 is 0. The van der Waals surface area contributed by atoms with Gasteiger partial charge >= 0.3 is 0 Å². The first-order valence-corrected chi connectivity index (χ1v) is 7.08. The van der Waals surface area contributed by atoms with Gasteiger partial charge in [0, 0.05) is 31.0 Å². The smallest absolute Gasteiger partial charge is 0.174 e. The van der Waals surface area contributed by atoms with Crippen molar-refractivity contribution in [2.75, 3.05) is 7.05 Å². The Balaban J connectivity index is 2.13. The Morgan fingerprint density at radius 3 is 2.29 bits per heavy atom. The van der Waals surface area contributed by atoms with E-state index in [0.717, 1.165) is 16.8 Å². The van der Waals surface area contributed by atoms with E-state index in [1.54, 1.807) is 12.1 Å². The first-order chi connectivity index (χ1) is 10.1. The maximum Gasteiger partial charge on any atom is 0.174 e. The van der Waals surface area contributed by atoms with Gasteiger partial charge in [-0.15, -0.1) is 0 Å². The fourth-order valence-corrected chi connectivity index (χ4v) is 2.89. The van der Waals surface area contributed by atoms with E-state index in [9.17, 15) is 9.59 Å². The quantitative estimate of drug-likeness (QED) is 0.587. The van der Waals surface area contributed by atoms with Gasteiger partial charge in [0.05, 0.1) is 5.70 Å². The zero-order valence-electron chi connectivity index (χ0n) is 12.2. The molecule has 4 nitrogen and oxygen atoms in total. The Morgan fingerprint density at radius 2 is 1.67 bits per heavy atom. The monoisotopic (exact) mass is 283 g/mol. The summed E-state index contributed by atoms with van der Waals surface area (Å²) in [5, 5.41) is 1.63. The van der Waals surface area contributed by atoms with Crippen LogP contribution in [0.3, 0.4) is 0 Å². The van der Waals surface area contributed by atoms with E-state index in [1.807, 2.05) is 37.3 Å². The summed E-state index contributed by atoms with van der Waals surface area (Å²) in [6, 6.07) is 9.81. The molecule has 0 saturated heterocycles. The number of Topliss-reactive ketones (excluding diaryl/α,β-unsaturated/α-hetero) is 2. The molecule has 21 heavy (non-hydrogen) atoms. The van der Waals surface area contributed by atoms with Crippen molar-refractivity contribution in [2.45, 2.75) is 26.2 Å². The SMILES string of the molecule is CC1=C(c2ccccc2)N(C)OC1=C1C(=O)CCCC1=O. The summed E-state index contributed by atoms with van der Waals surface area (Å²) in [6.07, 6.45) is 1.48. The molecule has 0 atom stereocenters. The number of hydroxylamine groups is 2. The van der Waals surface area contributed by atoms with Gasteiger partial charge in [-0.3, -0.25) is 9.59 Å². The average molecular weight is 283 g/mol. The van der Waals surface area contributed by atoms with Gasteiger partial charge in [0.25, 0.3) is 0 Å². The Morgan fingerprint density at radius 1 is 1.05 bits per heavy atom. The number of carbonyl (C=O) groups excluding carboxylic acids is 2. The van der Waals surface area contributed by atoms with Crippen LogP contribution in [-0.4, -0.2) is 23.7 Å². The lowest BCUT2D eigenvalue weighted by Gasteiger charge is -2.17. The highest BCUT2D eigenvalue weighted by molar-refractivity contribution is 6.22. The van der Waals surface area contributed by atoms with Crippen LogP contribution in [0.25, 0.3) is 5.70 Å². The number of carbonyl (C=O) groups is 2. The molecular weight excluding hydrogens is 266 g/mol. The van der Waals surface area contributed by atoms with Crippen molar-refractivity contribution in [3.63, 3.8) is 0 Å². The molecule has 1 aromatic rings. The van der Waals surface area contributed by atoms with E-state index < -0.39 is 0 Å². The first-order valence-electron chi connectivity index (χ1n) is 7.08. The lowest BCUT2D eigenvalue weighted by molar-refractivity contribution is -0.124. The lowest BCUT2D eigenvalue weighted by atomic mass is 9.89. The highest BCUT2D eigenvalue weighted by atomic mass is 16.7. The molecular formula is C17H17NO3. The third-order valence-corrected chi connectivity index (χ3v) is 3.88. The third-order valence-electron chi connectivity index (χ3n) is 3.88. The van der Waals surface area contributed by atoms with Crippen molar-refractivity contribution in [3.8, 4) is 0 Å². The van der Waals surface area contributed by atoms with Crippen molar-refractivity contribution in [1.29, 1.82) is 0 Å². The largest absolute Gasteiger partial charge is 0.379 e. The minimum atomic E-state index is -0.108. The maximum absolute atomic E-state index is 12.1. The molecule has 0 amide bonds. The van der Waals surface area contributed by atoms with Crippen LogP contribution in [0.5, 0.6) is 0 Å². The Labute approximate surface area is 123 Å². The van der Waals surface area contributed by atoms with E-state index in [1.165, 1.54) is 0 Å². The van der Waals surface area contributed by atoms with Crippen LogP contribution in [0.15, 0.2) is 47.2 Å². The Kier molecular flexibility index (Phi) is 3.37. The predicted octanol–water partition coefficient (Wildman–Crippen LogP) is 2.87. The van der Waals surface area contributed by atoms with Crippen LogP contribution in [0, 0.1) is 0 Å². The molecule has 0 bridgehead atoms. The minimum absolute atomic E-state index is 0.108. The van der Waals surface area contributed by atoms with Gasteiger partial charge in [-0.25, -0.2) is 5.06 Å². The second-order valence-corrected chi connectivity index (χ2v) is 5.33. The van der Waals surface area contributed by atoms with E-state index in [2.05, 4.69) is 0 Å². The second-order valence-electron chi connectivity index (χ2n) is 5.33. The molecule has 0 N–H and O–H groups in total. The fourth-order valence-electron chi connectivity index (χ4n) is 2.89. The van der Waals surface area contributed by atoms with Crippen LogP contribution >= 0.6 is 0 Å². The van der Waals surface area contributed by atoms with Crippen LogP contribution < -0.4 is 0 Å². The summed E-state index contributed by atoms with van der Waals surface area (Å²) < 4.78 is 0. The number of hydrogen-bond donors (Lipinski definition) is 0. The van der Waals surface area contributed by atoms with Crippen molar-refractivity contribution >= 4 is 17.3 Å². The predicted molar refractivity (Wildman–Crippen MR) is 78.8 cm³/mol. The zero-order valence-corrected chi connectivity index (χ0v) is 12.2. The Hall–Kier alpha value is -2.36. The molecule has 1 heterocycles. The molecule has 0 unspecified atom stereocenters. The number of nitrogens with zero attached hydrogens (tertiary/aromatic N) is 1. The molecule has 4 heteroatoms. The van der Waals surface area contributed by atoms with E-state index in [4.69, 9.17) is 4.84 Å². The van der Waals surface area contributed by atoms with Crippen molar-refractivity contribution in [3.05, 3.63) is 52.8 Å². The van der Waals surface area contributed by atoms with Crippen molar-refractivity contribution < 1.29 is 14.4 Å². The molecule has 2 aliphatic rings. The summed E-state index contributed by atoms with van der Waals surface area (Å²) in [6.45, 7) is 1.89. The molecule has 0 spiro atoms. The van der Waals surface area contributed by atoms with Crippen LogP contribution in [0.1, 0.15) is 31.7 Å². The highest BCUT2D eigenvalue weighted by Crippen LogP contribution is 2.37. The molecule has 108 valence electrons. The summed E-state index contributed by atoms with van der Waals surface area (Å²) in [7, 11) is 1.79. The van der Waals surface area contributed by atoms with Crippen molar-refractivity contribution in [2.24, 2.45) is 0 Å². The molecule has 1 aromatic carbocycles. The van der Waals surface area contributed by atoms with E-state index in [0.29, 0.717) is 25.0 Å². The average Bonchev–Trinajstić information content (AvgIpc) is 2.75. The van der Waals surface area contributed by atoms with Crippen molar-refractivity contribution in [1.82, 2.24) is 5.06 Å². The highest BCUT2D eigenvalue weighted by Gasteiger charge is 2.34. The van der Waals surface area contributed by atoms with E-state index in [-0.39, 0.29) is 17.1 Å². The van der Waals surface area contributed by atoms with Gasteiger partial charge in [0.1, 0.15) is 5.57 Å². The van der Waals surface area contributed by atoms with Gasteiger partial charge in [-0.1, -0.05) is 30.3 Å². The normalized spacial score (nSPS) is 19.4. The number of ketones is 2. The van der Waals surface area contributed by atoms with Gasteiger partial charge in [-0.2, -0.15) is 0 Å². The topological polar surface area (TPSA) is 46.6 Å². The summed E-state index contributed by atoms with van der Waals surface area (Å²) in [5.41, 5.74) is 2.96. The van der Waals surface area contributed by atoms with E-state index >= 15 is 0 Å². The van der Waals surface area contributed by atoms with Crippen LogP contribution in [0.4, 0.5) is 0 Å². The van der Waals surface area contributed by atoms with Gasteiger partial charge in [-0.05, 0) is 13.3 Å². The zero-order chi connectivity index (χ0) is 15.0. The molecule has 0 radical (unpaired) electrons. The van der Waals surface area contributed by atoms with Crippen LogP contribution in [-0.2, 0) is 14.4 Å². The number of allylic oxidation sites excluding steroid dienone is 2. The molecule has 3 rings (SSSR count). The minimum Gasteiger partial charge on any atom is -0.379 e. The summed E-state index contributed by atoms with van der Waals surface area (Å²) in [5.74, 6) is 0.206. The summed E-state index contributed by atoms with van der Waals surface area (Å²) in [4.78, 5) is 29.9. The lowest BCUT2D eigenvalue weighted by Crippen LogP contribution is -2.22. The number of rotatable bonds is 1. The number of benzene rings is 1. The third kappa shape index (κ3) is 2.27. The standard InChI is InChI=1S/C17H17NO3/c1-11-16(12-7-4-3-5-8-12)18(2)21-17(11)15-13(19)9-6-10-14(15)20/h3-5,7-8H,6,9-10H2,1-2H3. The molecule has 1 fully saturated rings. The molecule has 0 aromatic heterocycles. The fraction of sp³-hybridized carbons (Fsp3) is 0.294. The van der Waals surface area contributed by atoms with Gasteiger partial charge in [0.2, 0.25) is 0 Å².